The molecule has 0 aromatic carbocycles. The Morgan fingerprint density at radius 1 is 1.42 bits per heavy atom. The Balaban J connectivity index is 2.75. The molecule has 0 aliphatic carbocycles. The van der Waals surface area contributed by atoms with Crippen molar-refractivity contribution in [3.05, 3.63) is 16.1 Å². The summed E-state index contributed by atoms with van der Waals surface area (Å²) in [6, 6.07) is -0.727. The number of nitrogens with one attached hydrogen (secondary N) is 1. The van der Waals surface area contributed by atoms with E-state index in [-0.39, 0.29) is 22.4 Å². The lowest BCUT2D eigenvalue weighted by Gasteiger charge is -2.16. The van der Waals surface area contributed by atoms with Gasteiger partial charge < -0.3 is 11.1 Å². The van der Waals surface area contributed by atoms with Gasteiger partial charge in [-0.15, -0.1) is 11.3 Å². The van der Waals surface area contributed by atoms with Crippen molar-refractivity contribution in [2.75, 3.05) is 0 Å². The van der Waals surface area contributed by atoms with Crippen LogP contribution in [-0.2, 0) is 4.79 Å². The number of amides is 2. The first kappa shape index (κ1) is 15.3. The number of carbonyl (C=O) groups is 3. The van der Waals surface area contributed by atoms with Gasteiger partial charge in [0.25, 0.3) is 5.91 Å². The van der Waals surface area contributed by atoms with Gasteiger partial charge >= 0.3 is 0 Å². The molecular weight excluding hydrogens is 266 g/mol. The van der Waals surface area contributed by atoms with Crippen LogP contribution in [0.25, 0.3) is 0 Å². The fourth-order valence-electron chi connectivity index (χ4n) is 1.49. The molecule has 0 unspecified atom stereocenters. The second-order valence-electron chi connectivity index (χ2n) is 4.65. The van der Waals surface area contributed by atoms with Gasteiger partial charge in [-0.2, -0.15) is 0 Å². The summed E-state index contributed by atoms with van der Waals surface area (Å²) in [5, 5.41) is 4.29. The highest BCUT2D eigenvalue weighted by atomic mass is 32.1. The molecule has 7 heteroatoms. The van der Waals surface area contributed by atoms with Crippen LogP contribution >= 0.6 is 11.3 Å². The molecule has 3 N–H and O–H groups in total. The summed E-state index contributed by atoms with van der Waals surface area (Å²) < 4.78 is 0. The number of carbonyl (C=O) groups excluding carboxylic acids is 3. The zero-order valence-corrected chi connectivity index (χ0v) is 11.9. The maximum absolute atomic E-state index is 11.9. The number of aromatic nitrogens is 1. The minimum absolute atomic E-state index is 0.130. The summed E-state index contributed by atoms with van der Waals surface area (Å²) in [7, 11) is 0. The summed E-state index contributed by atoms with van der Waals surface area (Å²) in [5.41, 5.74) is 5.37. The van der Waals surface area contributed by atoms with Crippen LogP contribution in [0, 0.1) is 5.92 Å². The molecule has 0 aliphatic heterocycles. The van der Waals surface area contributed by atoms with Crippen LogP contribution in [0.3, 0.4) is 0 Å². The zero-order chi connectivity index (χ0) is 14.6. The number of nitrogens with zero attached hydrogens (tertiary/aromatic N) is 1. The molecule has 0 aliphatic rings. The Hall–Kier alpha value is -1.76. The van der Waals surface area contributed by atoms with Crippen LogP contribution in [0.2, 0.25) is 0 Å². The van der Waals surface area contributed by atoms with Crippen LogP contribution in [-0.4, -0.2) is 28.6 Å². The van der Waals surface area contributed by atoms with Crippen LogP contribution < -0.4 is 11.1 Å². The third-order valence-electron chi connectivity index (χ3n) is 2.39. The molecule has 0 saturated heterocycles. The molecule has 1 heterocycles. The Bertz CT molecular complexity index is 496. The predicted molar refractivity (Wildman–Crippen MR) is 72.0 cm³/mol. The van der Waals surface area contributed by atoms with Crippen LogP contribution in [0.1, 0.15) is 47.5 Å². The average molecular weight is 283 g/mol. The number of nitrogens with two attached hydrogens (primary N) is 1. The molecule has 0 bridgehead atoms. The topological polar surface area (TPSA) is 102 Å². The third-order valence-corrected chi connectivity index (χ3v) is 3.34. The Labute approximate surface area is 115 Å². The first-order valence-corrected chi connectivity index (χ1v) is 6.75. The number of primary amides is 1. The van der Waals surface area contributed by atoms with E-state index in [9.17, 15) is 14.4 Å². The van der Waals surface area contributed by atoms with E-state index in [1.165, 1.54) is 12.3 Å². The first-order chi connectivity index (χ1) is 8.81. The highest BCUT2D eigenvalue weighted by Gasteiger charge is 2.21. The van der Waals surface area contributed by atoms with Crippen molar-refractivity contribution < 1.29 is 14.4 Å². The van der Waals surface area contributed by atoms with E-state index in [0.29, 0.717) is 6.42 Å². The Morgan fingerprint density at radius 3 is 2.47 bits per heavy atom. The van der Waals surface area contributed by atoms with Gasteiger partial charge in [0, 0.05) is 12.3 Å². The molecule has 1 aromatic heterocycles. The maximum Gasteiger partial charge on any atom is 0.271 e. The summed E-state index contributed by atoms with van der Waals surface area (Å²) in [6.45, 7) is 5.24. The minimum Gasteiger partial charge on any atom is -0.368 e. The molecule has 19 heavy (non-hydrogen) atoms. The van der Waals surface area contributed by atoms with E-state index in [4.69, 9.17) is 5.73 Å². The van der Waals surface area contributed by atoms with Crippen LogP contribution in [0.15, 0.2) is 5.38 Å². The molecule has 2 amide bonds. The van der Waals surface area contributed by atoms with E-state index in [1.807, 2.05) is 13.8 Å². The molecule has 104 valence electrons. The highest BCUT2D eigenvalue weighted by Crippen LogP contribution is 2.11. The largest absolute Gasteiger partial charge is 0.368 e. The van der Waals surface area contributed by atoms with Gasteiger partial charge in [-0.1, -0.05) is 13.8 Å². The van der Waals surface area contributed by atoms with Gasteiger partial charge in [-0.25, -0.2) is 4.98 Å². The van der Waals surface area contributed by atoms with E-state index < -0.39 is 17.9 Å². The normalized spacial score (nSPS) is 12.2. The fourth-order valence-corrected chi connectivity index (χ4v) is 2.19. The van der Waals surface area contributed by atoms with Crippen molar-refractivity contribution in [3.63, 3.8) is 0 Å². The van der Waals surface area contributed by atoms with Crippen molar-refractivity contribution in [1.82, 2.24) is 10.3 Å². The highest BCUT2D eigenvalue weighted by molar-refractivity contribution is 7.11. The third kappa shape index (κ3) is 4.44. The van der Waals surface area contributed by atoms with Crippen LogP contribution in [0.4, 0.5) is 0 Å². The quantitative estimate of drug-likeness (QED) is 0.759. The molecule has 1 rings (SSSR count). The SMILES string of the molecule is CC(=O)c1nc(C(=O)N[C@@H](CC(C)C)C(N)=O)cs1. The molecule has 1 atom stereocenters. The van der Waals surface area contributed by atoms with Crippen molar-refractivity contribution in [1.29, 1.82) is 0 Å². The van der Waals surface area contributed by atoms with Crippen molar-refractivity contribution in [3.8, 4) is 0 Å². The minimum atomic E-state index is -0.727. The Morgan fingerprint density at radius 2 is 2.05 bits per heavy atom. The lowest BCUT2D eigenvalue weighted by atomic mass is 10.0. The molecular formula is C12H17N3O3S. The van der Waals surface area contributed by atoms with Crippen LogP contribution in [0.5, 0.6) is 0 Å². The number of hydrogen-bond donors (Lipinski definition) is 2. The van der Waals surface area contributed by atoms with Crippen molar-refractivity contribution >= 4 is 28.9 Å². The number of hydrogen-bond acceptors (Lipinski definition) is 5. The van der Waals surface area contributed by atoms with E-state index in [0.717, 1.165) is 11.3 Å². The van der Waals surface area contributed by atoms with Gasteiger partial charge in [0.2, 0.25) is 5.91 Å². The van der Waals surface area contributed by atoms with E-state index in [2.05, 4.69) is 10.3 Å². The smallest absolute Gasteiger partial charge is 0.271 e. The fraction of sp³-hybridized carbons (Fsp3) is 0.500. The lowest BCUT2D eigenvalue weighted by molar-refractivity contribution is -0.120. The standard InChI is InChI=1S/C12H17N3O3S/c1-6(2)4-8(10(13)17)14-11(18)9-5-19-12(15-9)7(3)16/h5-6,8H,4H2,1-3H3,(H2,13,17)(H,14,18)/t8-/m0/s1. The van der Waals surface area contributed by atoms with E-state index in [1.54, 1.807) is 0 Å². The molecule has 1 aromatic rings. The van der Waals surface area contributed by atoms with Gasteiger partial charge in [-0.3, -0.25) is 14.4 Å². The first-order valence-electron chi connectivity index (χ1n) is 5.88. The van der Waals surface area contributed by atoms with Gasteiger partial charge in [0.05, 0.1) is 0 Å². The van der Waals surface area contributed by atoms with Gasteiger partial charge in [0.15, 0.2) is 10.8 Å². The molecule has 0 radical (unpaired) electrons. The summed E-state index contributed by atoms with van der Waals surface area (Å²) in [5.74, 6) is -1.05. The molecule has 0 fully saturated rings. The number of ketones is 1. The monoisotopic (exact) mass is 283 g/mol. The number of Topliss-reactive ketones (excluding diaryl/α,β-unsaturated/α-hetero) is 1. The summed E-state index contributed by atoms with van der Waals surface area (Å²) in [6.07, 6.45) is 0.463. The predicted octanol–water partition coefficient (Wildman–Crippen LogP) is 0.975. The second-order valence-corrected chi connectivity index (χ2v) is 5.51. The summed E-state index contributed by atoms with van der Waals surface area (Å²) in [4.78, 5) is 38.1. The summed E-state index contributed by atoms with van der Waals surface area (Å²) >= 11 is 1.10. The van der Waals surface area contributed by atoms with Gasteiger partial charge in [0.1, 0.15) is 11.7 Å². The second kappa shape index (κ2) is 6.42. The average Bonchev–Trinajstić information content (AvgIpc) is 2.76. The molecule has 0 saturated carbocycles. The zero-order valence-electron chi connectivity index (χ0n) is 11.1. The number of rotatable bonds is 6. The lowest BCUT2D eigenvalue weighted by Crippen LogP contribution is -2.45. The van der Waals surface area contributed by atoms with Gasteiger partial charge in [-0.05, 0) is 12.3 Å². The molecule has 6 nitrogen and oxygen atoms in total. The van der Waals surface area contributed by atoms with Crippen molar-refractivity contribution in [2.45, 2.75) is 33.2 Å². The Kier molecular flexibility index (Phi) is 5.17. The van der Waals surface area contributed by atoms with E-state index >= 15 is 0 Å². The van der Waals surface area contributed by atoms with Crippen molar-refractivity contribution in [2.24, 2.45) is 11.7 Å². The maximum atomic E-state index is 11.9. The molecule has 0 spiro atoms. The number of thiazole rings is 1.